The van der Waals surface area contributed by atoms with Crippen LogP contribution in [0.25, 0.3) is 0 Å². The first-order chi connectivity index (χ1) is 12.1. The van der Waals surface area contributed by atoms with E-state index in [-0.39, 0.29) is 11.9 Å². The molecule has 1 aliphatic rings. The third kappa shape index (κ3) is 4.59. The molecule has 1 N–H and O–H groups in total. The quantitative estimate of drug-likeness (QED) is 0.897. The third-order valence-corrected chi connectivity index (χ3v) is 4.73. The van der Waals surface area contributed by atoms with Crippen molar-refractivity contribution < 1.29 is 4.79 Å². The van der Waals surface area contributed by atoms with Gasteiger partial charge in [-0.2, -0.15) is 0 Å². The normalized spacial score (nSPS) is 15.4. The molecule has 0 spiro atoms. The Balaban J connectivity index is 1.60. The van der Waals surface area contributed by atoms with E-state index < -0.39 is 0 Å². The number of rotatable bonds is 5. The molecular weight excluding hydrogens is 310 g/mol. The zero-order valence-corrected chi connectivity index (χ0v) is 15.1. The Hall–Kier alpha value is -2.36. The highest BCUT2D eigenvalue weighted by Crippen LogP contribution is 2.24. The first-order valence-corrected chi connectivity index (χ1v) is 9.18. The average molecular weight is 337 g/mol. The number of amides is 1. The van der Waals surface area contributed by atoms with Crippen molar-refractivity contribution in [3.63, 3.8) is 0 Å². The number of hydrogen-bond acceptors (Lipinski definition) is 3. The molecule has 3 rings (SSSR count). The maximum Gasteiger partial charge on any atom is 0.257 e. The van der Waals surface area contributed by atoms with Crippen LogP contribution in [0.2, 0.25) is 0 Å². The Kier molecular flexibility index (Phi) is 5.69. The van der Waals surface area contributed by atoms with Crippen molar-refractivity contribution in [3.05, 3.63) is 59.8 Å². The first-order valence-electron chi connectivity index (χ1n) is 9.18. The predicted molar refractivity (Wildman–Crippen MR) is 102 cm³/mol. The van der Waals surface area contributed by atoms with Crippen molar-refractivity contribution in [2.45, 2.75) is 39.2 Å². The number of carbonyl (C=O) groups is 1. The van der Waals surface area contributed by atoms with Gasteiger partial charge in [-0.25, -0.2) is 4.98 Å². The molecule has 0 atom stereocenters. The Bertz CT molecular complexity index is 691. The number of anilines is 1. The van der Waals surface area contributed by atoms with Crippen LogP contribution in [0, 0.1) is 5.92 Å². The monoisotopic (exact) mass is 337 g/mol. The zero-order chi connectivity index (χ0) is 17.6. The minimum Gasteiger partial charge on any atom is -0.367 e. The molecule has 2 aromatic rings. The van der Waals surface area contributed by atoms with Gasteiger partial charge >= 0.3 is 0 Å². The summed E-state index contributed by atoms with van der Waals surface area (Å²) in [5, 5.41) is 3.28. The highest BCUT2D eigenvalue weighted by atomic mass is 16.2. The molecule has 1 saturated heterocycles. The number of benzene rings is 1. The van der Waals surface area contributed by atoms with Crippen LogP contribution in [0.3, 0.4) is 0 Å². The minimum absolute atomic E-state index is 0.0920. The summed E-state index contributed by atoms with van der Waals surface area (Å²) in [6.45, 7) is 5.76. The van der Waals surface area contributed by atoms with Crippen molar-refractivity contribution >= 4 is 11.7 Å². The largest absolute Gasteiger partial charge is 0.367 e. The van der Waals surface area contributed by atoms with Gasteiger partial charge in [0.15, 0.2) is 0 Å². The topological polar surface area (TPSA) is 45.2 Å². The molecule has 25 heavy (non-hydrogen) atoms. The van der Waals surface area contributed by atoms with Gasteiger partial charge in [0, 0.05) is 25.3 Å². The van der Waals surface area contributed by atoms with E-state index in [9.17, 15) is 4.79 Å². The lowest BCUT2D eigenvalue weighted by atomic mass is 9.90. The van der Waals surface area contributed by atoms with E-state index in [0.29, 0.717) is 17.3 Å². The van der Waals surface area contributed by atoms with Crippen molar-refractivity contribution in [1.82, 2.24) is 9.88 Å². The van der Waals surface area contributed by atoms with Crippen molar-refractivity contribution in [2.24, 2.45) is 5.92 Å². The second kappa shape index (κ2) is 8.15. The number of carbonyl (C=O) groups excluding carboxylic acids is 1. The highest BCUT2D eigenvalue weighted by Gasteiger charge is 2.25. The number of pyridine rings is 1. The van der Waals surface area contributed by atoms with Crippen LogP contribution in [0.5, 0.6) is 0 Å². The minimum atomic E-state index is 0.0920. The molecule has 1 aromatic carbocycles. The summed E-state index contributed by atoms with van der Waals surface area (Å²) in [5.74, 6) is 1.44. The van der Waals surface area contributed by atoms with Crippen LogP contribution < -0.4 is 5.32 Å². The van der Waals surface area contributed by atoms with E-state index in [4.69, 9.17) is 0 Å². The molecule has 4 heteroatoms. The summed E-state index contributed by atoms with van der Waals surface area (Å²) >= 11 is 0. The number of likely N-dealkylation sites (tertiary alicyclic amines) is 1. The molecule has 0 aliphatic carbocycles. The van der Waals surface area contributed by atoms with Gasteiger partial charge in [-0.05, 0) is 56.7 Å². The Labute approximate surface area is 150 Å². The number of aromatic nitrogens is 1. The van der Waals surface area contributed by atoms with E-state index in [1.165, 1.54) is 5.56 Å². The van der Waals surface area contributed by atoms with Gasteiger partial charge in [0.1, 0.15) is 5.82 Å². The lowest BCUT2D eigenvalue weighted by Gasteiger charge is -2.32. The van der Waals surface area contributed by atoms with Crippen LogP contribution in [-0.2, 0) is 6.42 Å². The summed E-state index contributed by atoms with van der Waals surface area (Å²) in [7, 11) is 0. The maximum absolute atomic E-state index is 12.9. The molecular formula is C21H27N3O. The molecule has 0 saturated carbocycles. The van der Waals surface area contributed by atoms with Crippen LogP contribution in [-0.4, -0.2) is 34.9 Å². The van der Waals surface area contributed by atoms with E-state index in [0.717, 1.165) is 32.4 Å². The fraction of sp³-hybridized carbons (Fsp3) is 0.429. The van der Waals surface area contributed by atoms with Gasteiger partial charge < -0.3 is 10.2 Å². The van der Waals surface area contributed by atoms with Crippen molar-refractivity contribution in [1.29, 1.82) is 0 Å². The molecule has 2 heterocycles. The SMILES string of the molecule is CC(C)Nc1ncccc1C(=O)N1CCC(Cc2ccccc2)CC1. The maximum atomic E-state index is 12.9. The molecule has 0 radical (unpaired) electrons. The fourth-order valence-corrected chi connectivity index (χ4v) is 3.42. The van der Waals surface area contributed by atoms with Crippen LogP contribution in [0.1, 0.15) is 42.6 Å². The van der Waals surface area contributed by atoms with Gasteiger partial charge in [-0.3, -0.25) is 4.79 Å². The third-order valence-electron chi connectivity index (χ3n) is 4.73. The summed E-state index contributed by atoms with van der Waals surface area (Å²) < 4.78 is 0. The van der Waals surface area contributed by atoms with Gasteiger partial charge in [-0.1, -0.05) is 30.3 Å². The van der Waals surface area contributed by atoms with E-state index >= 15 is 0 Å². The van der Waals surface area contributed by atoms with Crippen molar-refractivity contribution in [2.75, 3.05) is 18.4 Å². The Morgan fingerprint density at radius 1 is 1.16 bits per heavy atom. The van der Waals surface area contributed by atoms with Gasteiger partial charge in [-0.15, -0.1) is 0 Å². The molecule has 1 aromatic heterocycles. The Morgan fingerprint density at radius 3 is 2.56 bits per heavy atom. The number of piperidine rings is 1. The Morgan fingerprint density at radius 2 is 1.88 bits per heavy atom. The number of hydrogen-bond donors (Lipinski definition) is 1. The summed E-state index contributed by atoms with van der Waals surface area (Å²) in [5.41, 5.74) is 2.07. The molecule has 1 fully saturated rings. The lowest BCUT2D eigenvalue weighted by molar-refractivity contribution is 0.0691. The van der Waals surface area contributed by atoms with Crippen LogP contribution in [0.4, 0.5) is 5.82 Å². The van der Waals surface area contributed by atoms with Gasteiger partial charge in [0.05, 0.1) is 5.56 Å². The second-order valence-corrected chi connectivity index (χ2v) is 7.12. The molecule has 132 valence electrons. The first kappa shape index (κ1) is 17.5. The summed E-state index contributed by atoms with van der Waals surface area (Å²) in [4.78, 5) is 19.2. The molecule has 1 amide bonds. The average Bonchev–Trinajstić information content (AvgIpc) is 2.63. The number of nitrogens with zero attached hydrogens (tertiary/aromatic N) is 2. The molecule has 0 bridgehead atoms. The smallest absolute Gasteiger partial charge is 0.257 e. The van der Waals surface area contributed by atoms with Gasteiger partial charge in [0.25, 0.3) is 5.91 Å². The van der Waals surface area contributed by atoms with Gasteiger partial charge in [0.2, 0.25) is 0 Å². The standard InChI is InChI=1S/C21H27N3O/c1-16(2)23-20-19(9-6-12-22-20)21(25)24-13-10-18(11-14-24)15-17-7-4-3-5-8-17/h3-9,12,16,18H,10-11,13-15H2,1-2H3,(H,22,23). The highest BCUT2D eigenvalue weighted by molar-refractivity contribution is 5.98. The van der Waals surface area contributed by atoms with E-state index in [1.54, 1.807) is 6.20 Å². The second-order valence-electron chi connectivity index (χ2n) is 7.12. The van der Waals surface area contributed by atoms with Crippen molar-refractivity contribution in [3.8, 4) is 0 Å². The predicted octanol–water partition coefficient (Wildman–Crippen LogP) is 4.00. The lowest BCUT2D eigenvalue weighted by Crippen LogP contribution is -2.39. The van der Waals surface area contributed by atoms with Crippen LogP contribution >= 0.6 is 0 Å². The summed E-state index contributed by atoms with van der Waals surface area (Å²) in [6, 6.07) is 14.6. The molecule has 0 unspecified atom stereocenters. The van der Waals surface area contributed by atoms with E-state index in [1.807, 2.05) is 17.0 Å². The molecule has 4 nitrogen and oxygen atoms in total. The fourth-order valence-electron chi connectivity index (χ4n) is 3.42. The van der Waals surface area contributed by atoms with E-state index in [2.05, 4.69) is 54.5 Å². The number of nitrogens with one attached hydrogen (secondary N) is 1. The molecule has 1 aliphatic heterocycles. The zero-order valence-electron chi connectivity index (χ0n) is 15.1. The summed E-state index contributed by atoms with van der Waals surface area (Å²) in [6.07, 6.45) is 4.96. The van der Waals surface area contributed by atoms with Crippen LogP contribution in [0.15, 0.2) is 48.7 Å².